The van der Waals surface area contributed by atoms with Gasteiger partial charge in [0.1, 0.15) is 11.5 Å². The minimum atomic E-state index is -4.52. The molecule has 0 aliphatic carbocycles. The molecule has 7 nitrogen and oxygen atoms in total. The summed E-state index contributed by atoms with van der Waals surface area (Å²) in [5.74, 6) is 1.24. The van der Waals surface area contributed by atoms with Gasteiger partial charge in [-0.05, 0) is 31.0 Å². The van der Waals surface area contributed by atoms with Crippen LogP contribution in [0.1, 0.15) is 28.9 Å². The molecule has 0 spiro atoms. The second-order valence-electron chi connectivity index (χ2n) is 7.12. The fourth-order valence-electron chi connectivity index (χ4n) is 3.59. The quantitative estimate of drug-likeness (QED) is 0.780. The van der Waals surface area contributed by atoms with E-state index in [-0.39, 0.29) is 11.5 Å². The average Bonchev–Trinajstić information content (AvgIpc) is 3.28. The standard InChI is InChI=1S/C19H21F3N6O/c20-19(21,22)15-4-3-14(13-24-15)17(29)27-11-9-26(10-12-27)16-5-6-23-18(25-16)28-7-1-2-8-28/h3-6,13H,1-2,7-12H2. The number of nitrogens with zero attached hydrogens (tertiary/aromatic N) is 6. The molecule has 1 amide bonds. The molecule has 0 bridgehead atoms. The van der Waals surface area contributed by atoms with Crippen molar-refractivity contribution in [2.75, 3.05) is 49.1 Å². The first-order valence-corrected chi connectivity index (χ1v) is 9.57. The number of carbonyl (C=O) groups is 1. The lowest BCUT2D eigenvalue weighted by atomic mass is 10.2. The smallest absolute Gasteiger partial charge is 0.353 e. The molecule has 0 aromatic carbocycles. The maximum absolute atomic E-state index is 12.6. The van der Waals surface area contributed by atoms with Crippen molar-refractivity contribution in [1.82, 2.24) is 19.9 Å². The van der Waals surface area contributed by atoms with Crippen LogP contribution in [0.2, 0.25) is 0 Å². The zero-order chi connectivity index (χ0) is 20.4. The third-order valence-electron chi connectivity index (χ3n) is 5.21. The molecular weight excluding hydrogens is 385 g/mol. The van der Waals surface area contributed by atoms with Gasteiger partial charge in [0.15, 0.2) is 0 Å². The molecule has 2 saturated heterocycles. The van der Waals surface area contributed by atoms with E-state index in [1.54, 1.807) is 11.1 Å². The molecule has 0 atom stereocenters. The molecule has 2 fully saturated rings. The highest BCUT2D eigenvalue weighted by molar-refractivity contribution is 5.94. The summed E-state index contributed by atoms with van der Waals surface area (Å²) in [6.07, 6.45) is 0.519. The van der Waals surface area contributed by atoms with Gasteiger partial charge in [-0.25, -0.2) is 4.98 Å². The molecule has 4 rings (SSSR count). The zero-order valence-corrected chi connectivity index (χ0v) is 15.8. The Balaban J connectivity index is 1.38. The lowest BCUT2D eigenvalue weighted by Crippen LogP contribution is -2.49. The maximum atomic E-state index is 12.6. The molecule has 10 heteroatoms. The molecule has 2 aliphatic rings. The van der Waals surface area contributed by atoms with Crippen LogP contribution < -0.4 is 9.80 Å². The fraction of sp³-hybridized carbons (Fsp3) is 0.474. The Labute approximate surface area is 166 Å². The van der Waals surface area contributed by atoms with Crippen LogP contribution in [0.15, 0.2) is 30.6 Å². The SMILES string of the molecule is O=C(c1ccc(C(F)(F)F)nc1)N1CCN(c2ccnc(N3CCCC3)n2)CC1. The molecule has 29 heavy (non-hydrogen) atoms. The van der Waals surface area contributed by atoms with Crippen LogP contribution in [0.3, 0.4) is 0 Å². The average molecular weight is 406 g/mol. The predicted octanol–water partition coefficient (Wildman–Crippen LogP) is 2.45. The first-order chi connectivity index (χ1) is 13.9. The van der Waals surface area contributed by atoms with Crippen LogP contribution in [-0.2, 0) is 6.18 Å². The van der Waals surface area contributed by atoms with Gasteiger partial charge in [0, 0.05) is 51.7 Å². The second-order valence-corrected chi connectivity index (χ2v) is 7.12. The van der Waals surface area contributed by atoms with Crippen LogP contribution in [0.5, 0.6) is 0 Å². The van der Waals surface area contributed by atoms with Gasteiger partial charge >= 0.3 is 6.18 Å². The lowest BCUT2D eigenvalue weighted by Gasteiger charge is -2.35. The van der Waals surface area contributed by atoms with Crippen molar-refractivity contribution < 1.29 is 18.0 Å². The number of pyridine rings is 1. The fourth-order valence-corrected chi connectivity index (χ4v) is 3.59. The topological polar surface area (TPSA) is 65.5 Å². The van der Waals surface area contributed by atoms with Gasteiger partial charge in [-0.15, -0.1) is 0 Å². The third kappa shape index (κ3) is 4.25. The Kier molecular flexibility index (Phi) is 5.25. The molecule has 2 aromatic rings. The maximum Gasteiger partial charge on any atom is 0.433 e. The number of carbonyl (C=O) groups excluding carboxylic acids is 1. The Morgan fingerprint density at radius 1 is 0.897 bits per heavy atom. The summed E-state index contributed by atoms with van der Waals surface area (Å²) in [7, 11) is 0. The molecule has 0 radical (unpaired) electrons. The van der Waals surface area contributed by atoms with Crippen LogP contribution in [-0.4, -0.2) is 65.0 Å². The van der Waals surface area contributed by atoms with Crippen molar-refractivity contribution in [3.05, 3.63) is 41.9 Å². The van der Waals surface area contributed by atoms with E-state index in [4.69, 9.17) is 0 Å². The first-order valence-electron chi connectivity index (χ1n) is 9.57. The number of aromatic nitrogens is 3. The second kappa shape index (κ2) is 7.84. The Morgan fingerprint density at radius 2 is 1.62 bits per heavy atom. The van der Waals surface area contributed by atoms with Gasteiger partial charge in [0.2, 0.25) is 5.95 Å². The summed E-state index contributed by atoms with van der Waals surface area (Å²) < 4.78 is 37.9. The molecule has 2 aliphatic heterocycles. The summed E-state index contributed by atoms with van der Waals surface area (Å²) in [6.45, 7) is 4.04. The number of amides is 1. The van der Waals surface area contributed by atoms with E-state index in [0.717, 1.165) is 50.0 Å². The molecule has 0 N–H and O–H groups in total. The van der Waals surface area contributed by atoms with Crippen molar-refractivity contribution in [2.24, 2.45) is 0 Å². The van der Waals surface area contributed by atoms with E-state index in [1.165, 1.54) is 6.07 Å². The number of alkyl halides is 3. The number of hydrogen-bond donors (Lipinski definition) is 0. The number of rotatable bonds is 3. The van der Waals surface area contributed by atoms with E-state index in [9.17, 15) is 18.0 Å². The van der Waals surface area contributed by atoms with Crippen molar-refractivity contribution in [2.45, 2.75) is 19.0 Å². The summed E-state index contributed by atoms with van der Waals surface area (Å²) in [5.41, 5.74) is -0.846. The van der Waals surface area contributed by atoms with Crippen molar-refractivity contribution >= 4 is 17.7 Å². The largest absolute Gasteiger partial charge is 0.433 e. The van der Waals surface area contributed by atoms with Crippen molar-refractivity contribution in [1.29, 1.82) is 0 Å². The first kappa shape index (κ1) is 19.4. The molecule has 0 saturated carbocycles. The van der Waals surface area contributed by atoms with Crippen LogP contribution >= 0.6 is 0 Å². The normalized spacial score (nSPS) is 17.7. The van der Waals surface area contributed by atoms with E-state index in [0.29, 0.717) is 26.2 Å². The molecule has 4 heterocycles. The summed E-state index contributed by atoms with van der Waals surface area (Å²) in [6, 6.07) is 3.87. The van der Waals surface area contributed by atoms with E-state index >= 15 is 0 Å². The monoisotopic (exact) mass is 406 g/mol. The molecule has 154 valence electrons. The van der Waals surface area contributed by atoms with Gasteiger partial charge in [0.05, 0.1) is 5.56 Å². The third-order valence-corrected chi connectivity index (χ3v) is 5.21. The van der Waals surface area contributed by atoms with Crippen molar-refractivity contribution in [3.8, 4) is 0 Å². The minimum absolute atomic E-state index is 0.157. The molecule has 2 aromatic heterocycles. The Morgan fingerprint density at radius 3 is 2.24 bits per heavy atom. The summed E-state index contributed by atoms with van der Waals surface area (Å²) >= 11 is 0. The predicted molar refractivity (Wildman–Crippen MR) is 101 cm³/mol. The number of piperazine rings is 1. The highest BCUT2D eigenvalue weighted by Gasteiger charge is 2.32. The van der Waals surface area contributed by atoms with Crippen LogP contribution in [0.25, 0.3) is 0 Å². The summed E-state index contributed by atoms with van der Waals surface area (Å²) in [5, 5.41) is 0. The zero-order valence-electron chi connectivity index (χ0n) is 15.8. The van der Waals surface area contributed by atoms with Crippen LogP contribution in [0.4, 0.5) is 24.9 Å². The van der Waals surface area contributed by atoms with Crippen molar-refractivity contribution in [3.63, 3.8) is 0 Å². The van der Waals surface area contributed by atoms with Crippen LogP contribution in [0, 0.1) is 0 Å². The minimum Gasteiger partial charge on any atom is -0.353 e. The van der Waals surface area contributed by atoms with Gasteiger partial charge in [-0.2, -0.15) is 18.2 Å². The van der Waals surface area contributed by atoms with E-state index < -0.39 is 11.9 Å². The lowest BCUT2D eigenvalue weighted by molar-refractivity contribution is -0.141. The molecule has 0 unspecified atom stereocenters. The number of anilines is 2. The van der Waals surface area contributed by atoms with Gasteiger partial charge in [-0.3, -0.25) is 9.78 Å². The van der Waals surface area contributed by atoms with E-state index in [2.05, 4.69) is 24.8 Å². The molecular formula is C19H21F3N6O. The highest BCUT2D eigenvalue weighted by atomic mass is 19.4. The number of halogens is 3. The highest BCUT2D eigenvalue weighted by Crippen LogP contribution is 2.27. The number of hydrogen-bond acceptors (Lipinski definition) is 6. The summed E-state index contributed by atoms with van der Waals surface area (Å²) in [4.78, 5) is 30.9. The Bertz CT molecular complexity index is 859. The van der Waals surface area contributed by atoms with Gasteiger partial charge in [0.25, 0.3) is 5.91 Å². The Hall–Kier alpha value is -2.91. The van der Waals surface area contributed by atoms with Gasteiger partial charge < -0.3 is 14.7 Å². The van der Waals surface area contributed by atoms with E-state index in [1.807, 2.05) is 6.07 Å². The van der Waals surface area contributed by atoms with Gasteiger partial charge in [-0.1, -0.05) is 0 Å².